The number of nitrogens with one attached hydrogen (secondary N) is 1. The summed E-state index contributed by atoms with van der Waals surface area (Å²) < 4.78 is 10.8. The van der Waals surface area contributed by atoms with Gasteiger partial charge in [-0.2, -0.15) is 0 Å². The molecule has 2 amide bonds. The molecule has 1 aromatic heterocycles. The van der Waals surface area contributed by atoms with Gasteiger partial charge in [0.2, 0.25) is 5.91 Å². The SMILES string of the molecule is O=C(CN1CCN(C(=O)c2ccco2)CC1)NCC1(c2ccccc2)CCOCC1. The standard InChI is InChI=1S/C23H29N3O4/c27-21(17-25-10-12-26(13-11-25)22(28)20-7-4-14-30-20)24-18-23(8-15-29-16-9-23)19-5-2-1-3-6-19/h1-7,14H,8-13,15-18H2,(H,24,27). The number of furan rings is 1. The highest BCUT2D eigenvalue weighted by molar-refractivity contribution is 5.91. The monoisotopic (exact) mass is 411 g/mol. The molecular formula is C23H29N3O4. The molecule has 2 aromatic rings. The van der Waals surface area contributed by atoms with Gasteiger partial charge in [-0.3, -0.25) is 14.5 Å². The molecular weight excluding hydrogens is 382 g/mol. The van der Waals surface area contributed by atoms with E-state index in [2.05, 4.69) is 34.5 Å². The molecule has 0 spiro atoms. The number of hydrogen-bond acceptors (Lipinski definition) is 5. The summed E-state index contributed by atoms with van der Waals surface area (Å²) in [6, 6.07) is 13.8. The molecule has 30 heavy (non-hydrogen) atoms. The Morgan fingerprint density at radius 2 is 1.70 bits per heavy atom. The molecule has 2 saturated heterocycles. The first-order valence-corrected chi connectivity index (χ1v) is 10.6. The maximum Gasteiger partial charge on any atom is 0.289 e. The number of carbonyl (C=O) groups excluding carboxylic acids is 2. The average molecular weight is 412 g/mol. The molecule has 0 saturated carbocycles. The lowest BCUT2D eigenvalue weighted by atomic mass is 9.74. The van der Waals surface area contributed by atoms with Gasteiger partial charge in [0.25, 0.3) is 5.91 Å². The van der Waals surface area contributed by atoms with Crippen LogP contribution in [0.4, 0.5) is 0 Å². The molecule has 7 nitrogen and oxygen atoms in total. The van der Waals surface area contributed by atoms with E-state index in [0.717, 1.165) is 26.1 Å². The number of piperazine rings is 1. The number of amides is 2. The van der Waals surface area contributed by atoms with E-state index < -0.39 is 0 Å². The highest BCUT2D eigenvalue weighted by Crippen LogP contribution is 2.34. The van der Waals surface area contributed by atoms with Crippen molar-refractivity contribution in [2.75, 3.05) is 52.5 Å². The average Bonchev–Trinajstić information content (AvgIpc) is 3.34. The summed E-state index contributed by atoms with van der Waals surface area (Å²) in [5, 5.41) is 3.16. The zero-order valence-corrected chi connectivity index (χ0v) is 17.2. The van der Waals surface area contributed by atoms with Crippen molar-refractivity contribution in [3.8, 4) is 0 Å². The molecule has 0 unspecified atom stereocenters. The minimum atomic E-state index is -0.0894. The summed E-state index contributed by atoms with van der Waals surface area (Å²) in [5.74, 6) is 0.305. The molecule has 0 bridgehead atoms. The van der Waals surface area contributed by atoms with Crippen molar-refractivity contribution >= 4 is 11.8 Å². The van der Waals surface area contributed by atoms with Crippen molar-refractivity contribution in [3.05, 3.63) is 60.1 Å². The first-order chi connectivity index (χ1) is 14.7. The fourth-order valence-electron chi connectivity index (χ4n) is 4.31. The molecule has 4 rings (SSSR count). The number of rotatable bonds is 6. The second-order valence-corrected chi connectivity index (χ2v) is 8.08. The van der Waals surface area contributed by atoms with Gasteiger partial charge in [-0.25, -0.2) is 0 Å². The number of nitrogens with zero attached hydrogens (tertiary/aromatic N) is 2. The maximum atomic E-state index is 12.7. The van der Waals surface area contributed by atoms with Crippen LogP contribution >= 0.6 is 0 Å². The first kappa shape index (κ1) is 20.6. The third-order valence-corrected chi connectivity index (χ3v) is 6.22. The van der Waals surface area contributed by atoms with Crippen LogP contribution in [0.2, 0.25) is 0 Å². The Labute approximate surface area is 177 Å². The van der Waals surface area contributed by atoms with Crippen LogP contribution in [0.1, 0.15) is 29.0 Å². The highest BCUT2D eigenvalue weighted by atomic mass is 16.5. The molecule has 0 atom stereocenters. The van der Waals surface area contributed by atoms with Gasteiger partial charge in [-0.1, -0.05) is 30.3 Å². The lowest BCUT2D eigenvalue weighted by molar-refractivity contribution is -0.123. The Morgan fingerprint density at radius 3 is 2.37 bits per heavy atom. The number of carbonyl (C=O) groups is 2. The first-order valence-electron chi connectivity index (χ1n) is 10.6. The van der Waals surface area contributed by atoms with E-state index in [-0.39, 0.29) is 17.2 Å². The molecule has 1 aromatic carbocycles. The van der Waals surface area contributed by atoms with Crippen LogP contribution in [0.3, 0.4) is 0 Å². The summed E-state index contributed by atoms with van der Waals surface area (Å²) in [7, 11) is 0. The van der Waals surface area contributed by atoms with Gasteiger partial charge in [0.05, 0.1) is 12.8 Å². The Morgan fingerprint density at radius 1 is 0.967 bits per heavy atom. The number of ether oxygens (including phenoxy) is 1. The lowest BCUT2D eigenvalue weighted by Crippen LogP contribution is -2.52. The summed E-state index contributed by atoms with van der Waals surface area (Å²) in [6.07, 6.45) is 3.32. The smallest absolute Gasteiger partial charge is 0.289 e. The zero-order valence-electron chi connectivity index (χ0n) is 17.2. The topological polar surface area (TPSA) is 75.0 Å². The predicted octanol–water partition coefficient (Wildman–Crippen LogP) is 1.90. The third-order valence-electron chi connectivity index (χ3n) is 6.22. The summed E-state index contributed by atoms with van der Waals surface area (Å²) >= 11 is 0. The van der Waals surface area contributed by atoms with Crippen LogP contribution in [-0.2, 0) is 14.9 Å². The van der Waals surface area contributed by atoms with Crippen LogP contribution in [0.25, 0.3) is 0 Å². The molecule has 3 heterocycles. The second-order valence-electron chi connectivity index (χ2n) is 8.08. The van der Waals surface area contributed by atoms with Crippen LogP contribution in [0, 0.1) is 0 Å². The van der Waals surface area contributed by atoms with Crippen LogP contribution in [0.15, 0.2) is 53.1 Å². The Bertz CT molecular complexity index is 823. The molecule has 2 aliphatic rings. The molecule has 2 aliphatic heterocycles. The van der Waals surface area contributed by atoms with Crippen LogP contribution < -0.4 is 5.32 Å². The largest absolute Gasteiger partial charge is 0.459 e. The normalized spacial score (nSPS) is 19.4. The number of benzene rings is 1. The van der Waals surface area contributed by atoms with E-state index in [1.165, 1.54) is 11.8 Å². The minimum absolute atomic E-state index is 0.0302. The molecule has 0 aliphatic carbocycles. The van der Waals surface area contributed by atoms with Crippen LogP contribution in [0.5, 0.6) is 0 Å². The van der Waals surface area contributed by atoms with Gasteiger partial charge in [0, 0.05) is 51.4 Å². The lowest BCUT2D eigenvalue weighted by Gasteiger charge is -2.38. The second kappa shape index (κ2) is 9.45. The van der Waals surface area contributed by atoms with Crippen molar-refractivity contribution in [3.63, 3.8) is 0 Å². The zero-order chi connectivity index (χ0) is 20.8. The van der Waals surface area contributed by atoms with Crippen molar-refractivity contribution in [2.45, 2.75) is 18.3 Å². The molecule has 2 fully saturated rings. The minimum Gasteiger partial charge on any atom is -0.459 e. The van der Waals surface area contributed by atoms with E-state index >= 15 is 0 Å². The van der Waals surface area contributed by atoms with Gasteiger partial charge in [0.1, 0.15) is 0 Å². The summed E-state index contributed by atoms with van der Waals surface area (Å²) in [6.45, 7) is 4.96. The fourth-order valence-corrected chi connectivity index (χ4v) is 4.31. The van der Waals surface area contributed by atoms with Crippen molar-refractivity contribution in [2.24, 2.45) is 0 Å². The van der Waals surface area contributed by atoms with E-state index in [9.17, 15) is 9.59 Å². The summed E-state index contributed by atoms with van der Waals surface area (Å²) in [4.78, 5) is 28.9. The Hall–Kier alpha value is -2.64. The predicted molar refractivity (Wildman–Crippen MR) is 112 cm³/mol. The highest BCUT2D eigenvalue weighted by Gasteiger charge is 2.35. The van der Waals surface area contributed by atoms with Crippen LogP contribution in [-0.4, -0.2) is 74.1 Å². The van der Waals surface area contributed by atoms with Crippen molar-refractivity contribution in [1.29, 1.82) is 0 Å². The molecule has 160 valence electrons. The van der Waals surface area contributed by atoms with Gasteiger partial charge in [-0.05, 0) is 30.5 Å². The van der Waals surface area contributed by atoms with E-state index in [0.29, 0.717) is 45.0 Å². The van der Waals surface area contributed by atoms with Crippen molar-refractivity contribution in [1.82, 2.24) is 15.1 Å². The van der Waals surface area contributed by atoms with E-state index in [1.54, 1.807) is 17.0 Å². The van der Waals surface area contributed by atoms with Gasteiger partial charge < -0.3 is 19.4 Å². The molecule has 7 heteroatoms. The molecule has 1 N–H and O–H groups in total. The third kappa shape index (κ3) is 4.74. The Balaban J connectivity index is 1.27. The summed E-state index contributed by atoms with van der Waals surface area (Å²) in [5.41, 5.74) is 1.20. The molecule has 0 radical (unpaired) electrons. The Kier molecular flexibility index (Phi) is 6.50. The van der Waals surface area contributed by atoms with E-state index in [1.807, 2.05) is 6.07 Å². The quantitative estimate of drug-likeness (QED) is 0.786. The van der Waals surface area contributed by atoms with E-state index in [4.69, 9.17) is 9.15 Å². The maximum absolute atomic E-state index is 12.7. The van der Waals surface area contributed by atoms with Crippen molar-refractivity contribution < 1.29 is 18.7 Å². The van der Waals surface area contributed by atoms with Gasteiger partial charge in [-0.15, -0.1) is 0 Å². The number of hydrogen-bond donors (Lipinski definition) is 1. The fraction of sp³-hybridized carbons (Fsp3) is 0.478. The van der Waals surface area contributed by atoms with Gasteiger partial charge >= 0.3 is 0 Å². The van der Waals surface area contributed by atoms with Gasteiger partial charge in [0.15, 0.2) is 5.76 Å².